The minimum atomic E-state index is -0.782. The normalized spacial score (nSPS) is 16.2. The van der Waals surface area contributed by atoms with Crippen LogP contribution in [-0.2, 0) is 20.9 Å². The summed E-state index contributed by atoms with van der Waals surface area (Å²) >= 11 is 0. The monoisotopic (exact) mass is 412 g/mol. The third-order valence-electron chi connectivity index (χ3n) is 4.89. The molecule has 0 spiro atoms. The number of aryl methyl sites for hydroxylation is 1. The van der Waals surface area contributed by atoms with Gasteiger partial charge in [0.05, 0.1) is 11.5 Å². The van der Waals surface area contributed by atoms with Crippen LogP contribution in [0.5, 0.6) is 0 Å². The Balaban J connectivity index is 1.37. The molecule has 4 rings (SSSR count). The molecule has 3 aromatic rings. The molecule has 0 aliphatic carbocycles. The van der Waals surface area contributed by atoms with Crippen molar-refractivity contribution in [3.8, 4) is 11.3 Å². The first kappa shape index (κ1) is 19.8. The van der Waals surface area contributed by atoms with Gasteiger partial charge in [-0.3, -0.25) is 9.59 Å². The van der Waals surface area contributed by atoms with Crippen molar-refractivity contribution in [2.75, 3.05) is 11.4 Å². The first-order chi connectivity index (χ1) is 14.4. The zero-order valence-electron chi connectivity index (χ0n) is 16.1. The lowest BCUT2D eigenvalue weighted by Gasteiger charge is -2.17. The minimum absolute atomic E-state index is 0.0525. The molecule has 30 heavy (non-hydrogen) atoms. The zero-order valence-corrected chi connectivity index (χ0v) is 16.1. The number of hydrogen-bond acceptors (Lipinski definition) is 5. The van der Waals surface area contributed by atoms with Crippen LogP contribution in [-0.4, -0.2) is 23.6 Å². The number of amides is 1. The first-order valence-electron chi connectivity index (χ1n) is 9.35. The fraction of sp³-hybridized carbons (Fsp3) is 0.227. The molecule has 1 atom stereocenters. The van der Waals surface area contributed by atoms with Gasteiger partial charge in [0.25, 0.3) is 0 Å². The second kappa shape index (κ2) is 8.06. The molecule has 0 N–H and O–H groups in total. The van der Waals surface area contributed by atoms with E-state index in [0.29, 0.717) is 0 Å². The second-order valence-corrected chi connectivity index (χ2v) is 7.16. The van der Waals surface area contributed by atoms with Gasteiger partial charge in [0.15, 0.2) is 5.76 Å². The van der Waals surface area contributed by atoms with E-state index in [1.807, 2.05) is 31.2 Å². The van der Waals surface area contributed by atoms with E-state index in [-0.39, 0.29) is 42.5 Å². The highest BCUT2D eigenvalue weighted by Gasteiger charge is 2.36. The topological polar surface area (TPSA) is 72.6 Å². The van der Waals surface area contributed by atoms with E-state index >= 15 is 0 Å². The quantitative estimate of drug-likeness (QED) is 0.592. The molecule has 2 aromatic carbocycles. The number of carbonyl (C=O) groups is 2. The third-order valence-corrected chi connectivity index (χ3v) is 4.89. The fourth-order valence-electron chi connectivity index (χ4n) is 3.37. The van der Waals surface area contributed by atoms with E-state index in [1.165, 1.54) is 12.1 Å². The number of nitrogens with zero attached hydrogens (tertiary/aromatic N) is 2. The summed E-state index contributed by atoms with van der Waals surface area (Å²) in [5.74, 6) is -2.63. The van der Waals surface area contributed by atoms with Gasteiger partial charge in [0, 0.05) is 30.8 Å². The lowest BCUT2D eigenvalue weighted by atomic mass is 10.1. The summed E-state index contributed by atoms with van der Waals surface area (Å²) in [6, 6.07) is 12.0. The van der Waals surface area contributed by atoms with Crippen LogP contribution in [0.3, 0.4) is 0 Å². The van der Waals surface area contributed by atoms with Crippen LogP contribution in [0.25, 0.3) is 11.3 Å². The Bertz CT molecular complexity index is 1110. The number of halogens is 2. The van der Waals surface area contributed by atoms with Crippen molar-refractivity contribution < 1.29 is 27.6 Å². The second-order valence-electron chi connectivity index (χ2n) is 7.16. The molecular formula is C22H18F2N2O4. The molecule has 2 heterocycles. The Morgan fingerprint density at radius 1 is 1.23 bits per heavy atom. The number of carbonyl (C=O) groups excluding carboxylic acids is 2. The minimum Gasteiger partial charge on any atom is -0.459 e. The van der Waals surface area contributed by atoms with E-state index in [9.17, 15) is 18.4 Å². The number of rotatable bonds is 5. The zero-order chi connectivity index (χ0) is 21.3. The van der Waals surface area contributed by atoms with Crippen molar-refractivity contribution >= 4 is 17.6 Å². The van der Waals surface area contributed by atoms with E-state index in [1.54, 1.807) is 4.90 Å². The molecule has 6 nitrogen and oxygen atoms in total. The van der Waals surface area contributed by atoms with Crippen molar-refractivity contribution in [1.82, 2.24) is 5.16 Å². The summed E-state index contributed by atoms with van der Waals surface area (Å²) < 4.78 is 37.2. The highest BCUT2D eigenvalue weighted by molar-refractivity contribution is 5.99. The average Bonchev–Trinajstić information content (AvgIpc) is 3.33. The molecule has 1 aliphatic rings. The Kier molecular flexibility index (Phi) is 5.31. The molecule has 154 valence electrons. The van der Waals surface area contributed by atoms with Gasteiger partial charge in [0.1, 0.15) is 23.9 Å². The van der Waals surface area contributed by atoms with Crippen molar-refractivity contribution in [3.63, 3.8) is 0 Å². The van der Waals surface area contributed by atoms with Crippen LogP contribution in [0.1, 0.15) is 17.7 Å². The standard InChI is InChI=1S/C22H18F2N2O4/c1-13-3-2-4-17(7-13)26-11-14(8-21(26)27)22(28)29-12-16-10-20(30-25-16)18-6-5-15(23)9-19(18)24/h2-7,9-10,14H,8,11-12H2,1H3. The molecular weight excluding hydrogens is 394 g/mol. The van der Waals surface area contributed by atoms with Gasteiger partial charge in [-0.2, -0.15) is 0 Å². The van der Waals surface area contributed by atoms with Gasteiger partial charge in [-0.1, -0.05) is 17.3 Å². The van der Waals surface area contributed by atoms with E-state index < -0.39 is 23.5 Å². The lowest BCUT2D eigenvalue weighted by Crippen LogP contribution is -2.26. The van der Waals surface area contributed by atoms with Gasteiger partial charge in [0.2, 0.25) is 5.91 Å². The Morgan fingerprint density at radius 2 is 2.07 bits per heavy atom. The molecule has 0 radical (unpaired) electrons. The number of ether oxygens (including phenoxy) is 1. The number of benzene rings is 2. The summed E-state index contributed by atoms with van der Waals surface area (Å²) in [7, 11) is 0. The highest BCUT2D eigenvalue weighted by atomic mass is 19.1. The molecule has 1 aliphatic heterocycles. The average molecular weight is 412 g/mol. The number of esters is 1. The van der Waals surface area contributed by atoms with Crippen LogP contribution < -0.4 is 4.90 Å². The van der Waals surface area contributed by atoms with Crippen molar-refractivity contribution in [3.05, 3.63) is 71.4 Å². The third kappa shape index (κ3) is 4.07. The van der Waals surface area contributed by atoms with E-state index in [0.717, 1.165) is 23.4 Å². The number of hydrogen-bond donors (Lipinski definition) is 0. The molecule has 0 saturated carbocycles. The summed E-state index contributed by atoms with van der Waals surface area (Å²) in [6.45, 7) is 1.99. The summed E-state index contributed by atoms with van der Waals surface area (Å²) in [6.07, 6.45) is 0.0671. The maximum absolute atomic E-state index is 13.9. The molecule has 1 fully saturated rings. The van der Waals surface area contributed by atoms with Gasteiger partial charge >= 0.3 is 5.97 Å². The van der Waals surface area contributed by atoms with E-state index in [4.69, 9.17) is 9.26 Å². The highest BCUT2D eigenvalue weighted by Crippen LogP contribution is 2.27. The van der Waals surface area contributed by atoms with E-state index in [2.05, 4.69) is 5.16 Å². The largest absolute Gasteiger partial charge is 0.459 e. The Hall–Kier alpha value is -3.55. The van der Waals surface area contributed by atoms with Crippen molar-refractivity contribution in [2.45, 2.75) is 20.0 Å². The SMILES string of the molecule is Cc1cccc(N2CC(C(=O)OCc3cc(-c4ccc(F)cc4F)on3)CC2=O)c1. The number of aromatic nitrogens is 1. The Morgan fingerprint density at radius 3 is 2.83 bits per heavy atom. The van der Waals surface area contributed by atoms with Gasteiger partial charge in [-0.15, -0.1) is 0 Å². The van der Waals surface area contributed by atoms with Gasteiger partial charge in [-0.05, 0) is 36.8 Å². The Labute approximate surface area is 171 Å². The van der Waals surface area contributed by atoms with Crippen molar-refractivity contribution in [1.29, 1.82) is 0 Å². The molecule has 0 bridgehead atoms. The molecule has 1 amide bonds. The van der Waals surface area contributed by atoms with Gasteiger partial charge < -0.3 is 14.2 Å². The summed E-state index contributed by atoms with van der Waals surface area (Å²) in [5.41, 5.74) is 2.10. The van der Waals surface area contributed by atoms with Crippen LogP contribution in [0.2, 0.25) is 0 Å². The molecule has 1 unspecified atom stereocenters. The van der Waals surface area contributed by atoms with Crippen molar-refractivity contribution in [2.24, 2.45) is 5.92 Å². The predicted octanol–water partition coefficient (Wildman–Crippen LogP) is 4.02. The van der Waals surface area contributed by atoms with Crippen LogP contribution in [0.4, 0.5) is 14.5 Å². The lowest BCUT2D eigenvalue weighted by molar-refractivity contribution is -0.149. The smallest absolute Gasteiger partial charge is 0.311 e. The van der Waals surface area contributed by atoms with Crippen LogP contribution >= 0.6 is 0 Å². The summed E-state index contributed by atoms with van der Waals surface area (Å²) in [4.78, 5) is 26.3. The predicted molar refractivity (Wildman–Crippen MR) is 103 cm³/mol. The molecule has 1 aromatic heterocycles. The maximum Gasteiger partial charge on any atom is 0.311 e. The van der Waals surface area contributed by atoms with Gasteiger partial charge in [-0.25, -0.2) is 8.78 Å². The molecule has 8 heteroatoms. The number of anilines is 1. The maximum atomic E-state index is 13.9. The fourth-order valence-corrected chi connectivity index (χ4v) is 3.37. The first-order valence-corrected chi connectivity index (χ1v) is 9.35. The van der Waals surface area contributed by atoms with Crippen LogP contribution in [0.15, 0.2) is 53.1 Å². The van der Waals surface area contributed by atoms with Crippen LogP contribution in [0, 0.1) is 24.5 Å². The summed E-state index contributed by atoms with van der Waals surface area (Å²) in [5, 5.41) is 3.75. The molecule has 1 saturated heterocycles.